The summed E-state index contributed by atoms with van der Waals surface area (Å²) in [5.74, 6) is -0.178. The van der Waals surface area contributed by atoms with Gasteiger partial charge >= 0.3 is 0 Å². The molecule has 6 nitrogen and oxygen atoms in total. The third-order valence-electron chi connectivity index (χ3n) is 4.23. The Balaban J connectivity index is 1.62. The summed E-state index contributed by atoms with van der Waals surface area (Å²) in [6, 6.07) is 13.5. The molecule has 4 aromatic rings. The fourth-order valence-corrected chi connectivity index (χ4v) is 2.84. The topological polar surface area (TPSA) is 75.6 Å². The summed E-state index contributed by atoms with van der Waals surface area (Å²) in [4.78, 5) is 20.1. The molecule has 0 aliphatic heterocycles. The van der Waals surface area contributed by atoms with Gasteiger partial charge in [-0.1, -0.05) is 6.07 Å². The summed E-state index contributed by atoms with van der Waals surface area (Å²) in [6.45, 7) is 1.97. The maximum Gasteiger partial charge on any atom is 0.273 e. The lowest BCUT2D eigenvalue weighted by Crippen LogP contribution is -2.16. The van der Waals surface area contributed by atoms with Gasteiger partial charge in [-0.25, -0.2) is 4.98 Å². The number of amides is 1. The largest absolute Gasteiger partial charge is 0.360 e. The van der Waals surface area contributed by atoms with Crippen LogP contribution in [-0.4, -0.2) is 25.7 Å². The monoisotopic (exact) mass is 331 g/mol. The number of pyridine rings is 1. The maximum absolute atomic E-state index is 12.3. The van der Waals surface area contributed by atoms with E-state index in [1.807, 2.05) is 49.5 Å². The Kier molecular flexibility index (Phi) is 3.57. The molecule has 0 saturated heterocycles. The van der Waals surface area contributed by atoms with Crippen molar-refractivity contribution in [2.45, 2.75) is 6.92 Å². The number of fused-ring (bicyclic) bond motifs is 1. The first-order valence-corrected chi connectivity index (χ1v) is 7.96. The number of carbonyl (C=O) groups excluding carboxylic acids is 1. The molecular formula is C19H17N5O. The number of H-pyrrole nitrogens is 1. The summed E-state index contributed by atoms with van der Waals surface area (Å²) in [6.07, 6.45) is 3.48. The average Bonchev–Trinajstić information content (AvgIpc) is 3.24. The van der Waals surface area contributed by atoms with Crippen molar-refractivity contribution in [2.75, 3.05) is 5.32 Å². The molecule has 2 N–H and O–H groups in total. The lowest BCUT2D eigenvalue weighted by Gasteiger charge is -2.10. The number of hydrogen-bond acceptors (Lipinski definition) is 3. The fourth-order valence-electron chi connectivity index (χ4n) is 2.84. The van der Waals surface area contributed by atoms with Crippen LogP contribution in [-0.2, 0) is 7.05 Å². The zero-order valence-corrected chi connectivity index (χ0v) is 13.9. The summed E-state index contributed by atoms with van der Waals surface area (Å²) >= 11 is 0. The highest BCUT2D eigenvalue weighted by Crippen LogP contribution is 2.25. The molecule has 3 heterocycles. The molecule has 0 unspecified atom stereocenters. The van der Waals surface area contributed by atoms with Crippen LogP contribution in [0.15, 0.2) is 54.9 Å². The predicted octanol–water partition coefficient (Wildman–Crippen LogP) is 3.52. The highest BCUT2D eigenvalue weighted by Gasteiger charge is 2.12. The van der Waals surface area contributed by atoms with Gasteiger partial charge in [-0.15, -0.1) is 0 Å². The Morgan fingerprint density at radius 1 is 1.16 bits per heavy atom. The number of nitrogens with one attached hydrogen (secondary N) is 2. The van der Waals surface area contributed by atoms with Gasteiger partial charge in [0.25, 0.3) is 5.91 Å². The predicted molar refractivity (Wildman–Crippen MR) is 97.4 cm³/mol. The van der Waals surface area contributed by atoms with Gasteiger partial charge in [-0.3, -0.25) is 9.48 Å². The zero-order chi connectivity index (χ0) is 17.4. The van der Waals surface area contributed by atoms with E-state index in [-0.39, 0.29) is 5.91 Å². The molecule has 0 aliphatic rings. The molecule has 0 bridgehead atoms. The van der Waals surface area contributed by atoms with E-state index in [0.717, 1.165) is 33.5 Å². The minimum Gasteiger partial charge on any atom is -0.360 e. The Bertz CT molecular complexity index is 1080. The van der Waals surface area contributed by atoms with Crippen LogP contribution in [0, 0.1) is 6.92 Å². The molecule has 1 aromatic carbocycles. The zero-order valence-electron chi connectivity index (χ0n) is 13.9. The van der Waals surface area contributed by atoms with E-state index in [1.54, 1.807) is 24.0 Å². The number of aryl methyl sites for hydroxylation is 2. The van der Waals surface area contributed by atoms with Crippen molar-refractivity contribution < 1.29 is 4.79 Å². The normalized spacial score (nSPS) is 11.0. The van der Waals surface area contributed by atoms with Crippen LogP contribution < -0.4 is 5.32 Å². The first-order chi connectivity index (χ1) is 12.1. The lowest BCUT2D eigenvalue weighted by atomic mass is 10.1. The Morgan fingerprint density at radius 3 is 2.80 bits per heavy atom. The highest BCUT2D eigenvalue weighted by molar-refractivity contribution is 6.03. The highest BCUT2D eigenvalue weighted by atomic mass is 16.2. The molecule has 1 amide bonds. The van der Waals surface area contributed by atoms with Gasteiger partial charge < -0.3 is 10.3 Å². The molecule has 3 aromatic heterocycles. The van der Waals surface area contributed by atoms with Crippen LogP contribution in [0.3, 0.4) is 0 Å². The van der Waals surface area contributed by atoms with Crippen molar-refractivity contribution in [3.05, 3.63) is 66.1 Å². The van der Waals surface area contributed by atoms with Crippen molar-refractivity contribution in [3.8, 4) is 11.3 Å². The van der Waals surface area contributed by atoms with E-state index in [4.69, 9.17) is 0 Å². The summed E-state index contributed by atoms with van der Waals surface area (Å²) in [7, 11) is 1.74. The molecule has 124 valence electrons. The van der Waals surface area contributed by atoms with Gasteiger partial charge in [-0.2, -0.15) is 5.10 Å². The summed E-state index contributed by atoms with van der Waals surface area (Å²) < 4.78 is 1.55. The van der Waals surface area contributed by atoms with Gasteiger partial charge in [0.1, 0.15) is 5.69 Å². The first kappa shape index (κ1) is 15.1. The molecule has 25 heavy (non-hydrogen) atoms. The summed E-state index contributed by atoms with van der Waals surface area (Å²) in [5.41, 5.74) is 6.13. The smallest absolute Gasteiger partial charge is 0.273 e. The average molecular weight is 331 g/mol. The minimum absolute atomic E-state index is 0.178. The van der Waals surface area contributed by atoms with Gasteiger partial charge in [0.05, 0.1) is 16.7 Å². The number of benzene rings is 1. The van der Waals surface area contributed by atoms with E-state index in [0.29, 0.717) is 5.69 Å². The Hall–Kier alpha value is -3.41. The summed E-state index contributed by atoms with van der Waals surface area (Å²) in [5, 5.41) is 6.95. The standard InChI is InChI=1S/C19H17N5O/c1-12-11-13(15-5-6-16-17(22-15)7-9-20-16)3-4-14(12)23-19(25)18-8-10-21-24(18)2/h3-11,20H,1-2H3,(H,23,25). The Morgan fingerprint density at radius 2 is 2.04 bits per heavy atom. The molecular weight excluding hydrogens is 314 g/mol. The number of aromatic nitrogens is 4. The second-order valence-electron chi connectivity index (χ2n) is 5.93. The molecule has 0 aliphatic carbocycles. The third kappa shape index (κ3) is 2.78. The van der Waals surface area contributed by atoms with E-state index in [1.165, 1.54) is 0 Å². The third-order valence-corrected chi connectivity index (χ3v) is 4.23. The molecule has 0 fully saturated rings. The maximum atomic E-state index is 12.3. The quantitative estimate of drug-likeness (QED) is 0.603. The number of rotatable bonds is 3. The molecule has 4 rings (SSSR count). The van der Waals surface area contributed by atoms with Gasteiger partial charge in [-0.05, 0) is 48.9 Å². The van der Waals surface area contributed by atoms with Crippen LogP contribution in [0.1, 0.15) is 16.1 Å². The number of carbonyl (C=O) groups is 1. The molecule has 0 saturated carbocycles. The van der Waals surface area contributed by atoms with E-state index in [9.17, 15) is 4.79 Å². The first-order valence-electron chi connectivity index (χ1n) is 7.96. The second-order valence-corrected chi connectivity index (χ2v) is 5.93. The Labute approximate surface area is 144 Å². The fraction of sp³-hybridized carbons (Fsp3) is 0.105. The van der Waals surface area contributed by atoms with Gasteiger partial charge in [0.2, 0.25) is 0 Å². The lowest BCUT2D eigenvalue weighted by molar-refractivity contribution is 0.101. The van der Waals surface area contributed by atoms with E-state index >= 15 is 0 Å². The number of nitrogens with zero attached hydrogens (tertiary/aromatic N) is 3. The molecule has 6 heteroatoms. The minimum atomic E-state index is -0.178. The van der Waals surface area contributed by atoms with Crippen molar-refractivity contribution in [1.82, 2.24) is 19.7 Å². The van der Waals surface area contributed by atoms with Crippen LogP contribution in [0.5, 0.6) is 0 Å². The van der Waals surface area contributed by atoms with Crippen LogP contribution in [0.2, 0.25) is 0 Å². The number of anilines is 1. The van der Waals surface area contributed by atoms with Crippen LogP contribution in [0.25, 0.3) is 22.3 Å². The molecule has 0 atom stereocenters. The van der Waals surface area contributed by atoms with Crippen molar-refractivity contribution in [3.63, 3.8) is 0 Å². The number of aromatic amines is 1. The van der Waals surface area contributed by atoms with Crippen molar-refractivity contribution >= 4 is 22.6 Å². The van der Waals surface area contributed by atoms with E-state index < -0.39 is 0 Å². The SMILES string of the molecule is Cc1cc(-c2ccc3[nH]ccc3n2)ccc1NC(=O)c1ccnn1C. The van der Waals surface area contributed by atoms with Crippen molar-refractivity contribution in [1.29, 1.82) is 0 Å². The number of hydrogen-bond donors (Lipinski definition) is 2. The molecule has 0 radical (unpaired) electrons. The van der Waals surface area contributed by atoms with Crippen LogP contribution >= 0.6 is 0 Å². The van der Waals surface area contributed by atoms with Crippen molar-refractivity contribution in [2.24, 2.45) is 7.05 Å². The second kappa shape index (κ2) is 5.90. The van der Waals surface area contributed by atoms with Gasteiger partial charge in [0, 0.05) is 30.7 Å². The molecule has 0 spiro atoms. The van der Waals surface area contributed by atoms with Gasteiger partial charge in [0.15, 0.2) is 0 Å². The van der Waals surface area contributed by atoms with Crippen LogP contribution in [0.4, 0.5) is 5.69 Å². The van der Waals surface area contributed by atoms with E-state index in [2.05, 4.69) is 20.4 Å².